The molecule has 0 radical (unpaired) electrons. The van der Waals surface area contributed by atoms with Gasteiger partial charge in [-0.15, -0.1) is 0 Å². The molecule has 0 saturated carbocycles. The lowest BCUT2D eigenvalue weighted by Crippen LogP contribution is -2.27. The largest absolute Gasteiger partial charge is 0.248 e. The Hall–Kier alpha value is -0.0200. The number of nitrogens with two attached hydrogens (primary N) is 1. The summed E-state index contributed by atoms with van der Waals surface area (Å²) in [5, 5.41) is 4.98. The maximum Gasteiger partial charge on any atom is 0.187 e. The Kier molecular flexibility index (Phi) is 1.83. The van der Waals surface area contributed by atoms with Crippen LogP contribution in [0.3, 0.4) is 0 Å². The molecule has 0 rings (SSSR count). The molecule has 3 heteroatoms. The van der Waals surface area contributed by atoms with Gasteiger partial charge >= 0.3 is 0 Å². The fourth-order valence-corrected chi connectivity index (χ4v) is 0. The molecule has 0 aromatic carbocycles. The Morgan fingerprint density at radius 3 is 1.86 bits per heavy atom. The normalized spacial score (nSPS) is 16.4. The molecule has 7 heavy (non-hydrogen) atoms. The molecule has 0 aromatic heterocycles. The van der Waals surface area contributed by atoms with Crippen LogP contribution in [0.15, 0.2) is 0 Å². The van der Waals surface area contributed by atoms with Crippen LogP contribution in [0.25, 0.3) is 0 Å². The molecular weight excluding hydrogens is 110 g/mol. The maximum atomic E-state index is 10.3. The summed E-state index contributed by atoms with van der Waals surface area (Å²) in [6.45, 7) is 7.00. The third-order valence-corrected chi connectivity index (χ3v) is 1.63. The molecule has 0 bridgehead atoms. The van der Waals surface area contributed by atoms with Crippen molar-refractivity contribution in [2.45, 2.75) is 18.6 Å². The monoisotopic (exact) mass is 120 g/mol. The second-order valence-corrected chi connectivity index (χ2v) is 3.76. The summed E-state index contributed by atoms with van der Waals surface area (Å²) in [6.07, 6.45) is 0. The first-order valence-corrected chi connectivity index (χ1v) is 3.17. The topological polar surface area (TPSA) is 43.1 Å². The molecule has 2 N–H and O–H groups in total. The third-order valence-electron chi connectivity index (χ3n) is 0.545. The maximum absolute atomic E-state index is 10.3. The number of hydrogen-bond donors (Lipinski definition) is 1. The van der Waals surface area contributed by atoms with E-state index < -0.39 is 15.7 Å². The minimum atomic E-state index is -1.29. The van der Waals surface area contributed by atoms with E-state index in [2.05, 4.69) is 6.92 Å². The Bertz CT molecular complexity index is 84.2. The molecule has 0 spiro atoms. The molecule has 0 aliphatic rings. The number of hydrogen-bond acceptors (Lipinski definition) is 1. The quantitative estimate of drug-likeness (QED) is 0.494. The van der Waals surface area contributed by atoms with E-state index in [4.69, 9.17) is 5.14 Å². The lowest BCUT2D eigenvalue weighted by molar-refractivity contribution is 0.664. The SMILES string of the molecule is [CH2+]C(C)(C)[S@@](N)=O. The Morgan fingerprint density at radius 1 is 1.71 bits per heavy atom. The summed E-state index contributed by atoms with van der Waals surface area (Å²) in [4.78, 5) is 0. The summed E-state index contributed by atoms with van der Waals surface area (Å²) in [5.74, 6) is 0. The van der Waals surface area contributed by atoms with E-state index in [0.29, 0.717) is 0 Å². The van der Waals surface area contributed by atoms with Gasteiger partial charge in [-0.2, -0.15) is 0 Å². The van der Waals surface area contributed by atoms with Crippen molar-refractivity contribution in [1.29, 1.82) is 0 Å². The van der Waals surface area contributed by atoms with Gasteiger partial charge in [0.25, 0.3) is 0 Å². The van der Waals surface area contributed by atoms with Crippen LogP contribution in [-0.4, -0.2) is 8.96 Å². The molecule has 0 unspecified atom stereocenters. The third kappa shape index (κ3) is 2.65. The van der Waals surface area contributed by atoms with E-state index >= 15 is 0 Å². The Labute approximate surface area is 46.7 Å². The van der Waals surface area contributed by atoms with Crippen LogP contribution in [0, 0.1) is 6.92 Å². The van der Waals surface area contributed by atoms with Crippen LogP contribution in [0.2, 0.25) is 0 Å². The molecule has 1 atom stereocenters. The van der Waals surface area contributed by atoms with E-state index in [9.17, 15) is 4.21 Å². The molecule has 0 fully saturated rings. The van der Waals surface area contributed by atoms with Gasteiger partial charge in [0.05, 0.1) is 6.92 Å². The highest BCUT2D eigenvalue weighted by atomic mass is 32.2. The second-order valence-electron chi connectivity index (χ2n) is 2.06. The lowest BCUT2D eigenvalue weighted by Gasteiger charge is -2.03. The van der Waals surface area contributed by atoms with Crippen LogP contribution < -0.4 is 5.14 Å². The molecule has 2 nitrogen and oxygen atoms in total. The van der Waals surface area contributed by atoms with Gasteiger partial charge < -0.3 is 0 Å². The van der Waals surface area contributed by atoms with Crippen LogP contribution in [-0.2, 0) is 11.0 Å². The second kappa shape index (κ2) is 1.84. The van der Waals surface area contributed by atoms with Crippen LogP contribution in [0.1, 0.15) is 13.8 Å². The van der Waals surface area contributed by atoms with Gasteiger partial charge in [-0.1, -0.05) is 0 Å². The summed E-state index contributed by atoms with van der Waals surface area (Å²) in [6, 6.07) is 0. The van der Waals surface area contributed by atoms with Crippen LogP contribution >= 0.6 is 0 Å². The highest BCUT2D eigenvalue weighted by Crippen LogP contribution is 2.04. The van der Waals surface area contributed by atoms with Gasteiger partial charge in [0.2, 0.25) is 0 Å². The van der Waals surface area contributed by atoms with E-state index in [1.807, 2.05) is 0 Å². The van der Waals surface area contributed by atoms with Crippen molar-refractivity contribution < 1.29 is 4.21 Å². The number of rotatable bonds is 1. The van der Waals surface area contributed by atoms with Crippen molar-refractivity contribution in [3.63, 3.8) is 0 Å². The first kappa shape index (κ1) is 6.98. The smallest absolute Gasteiger partial charge is 0.187 e. The van der Waals surface area contributed by atoms with Crippen molar-refractivity contribution in [2.24, 2.45) is 5.14 Å². The molecular formula is C4H10NOS+. The van der Waals surface area contributed by atoms with E-state index in [1.54, 1.807) is 13.8 Å². The highest BCUT2D eigenvalue weighted by molar-refractivity contribution is 7.84. The first-order chi connectivity index (χ1) is 2.94. The lowest BCUT2D eigenvalue weighted by atomic mass is 10.3. The molecule has 42 valence electrons. The fourth-order valence-electron chi connectivity index (χ4n) is 0. The zero-order valence-corrected chi connectivity index (χ0v) is 5.42. The van der Waals surface area contributed by atoms with Crippen molar-refractivity contribution in [1.82, 2.24) is 0 Å². The Balaban J connectivity index is 3.79. The first-order valence-electron chi connectivity index (χ1n) is 1.96. The van der Waals surface area contributed by atoms with Crippen molar-refractivity contribution >= 4 is 11.0 Å². The average Bonchev–Trinajstić information content (AvgIpc) is 1.31. The molecule has 0 aliphatic heterocycles. The van der Waals surface area contributed by atoms with Gasteiger partial charge in [0.1, 0.15) is 11.0 Å². The summed E-state index contributed by atoms with van der Waals surface area (Å²) >= 11 is 0. The van der Waals surface area contributed by atoms with Crippen molar-refractivity contribution in [3.8, 4) is 0 Å². The predicted octanol–water partition coefficient (Wildman–Crippen LogP) is 0.221. The molecule has 0 amide bonds. The fraction of sp³-hybridized carbons (Fsp3) is 0.750. The molecule has 0 heterocycles. The predicted molar refractivity (Wildman–Crippen MR) is 31.8 cm³/mol. The zero-order valence-electron chi connectivity index (χ0n) is 4.60. The average molecular weight is 120 g/mol. The minimum Gasteiger partial charge on any atom is -0.248 e. The van der Waals surface area contributed by atoms with Gasteiger partial charge in [-0.3, -0.25) is 0 Å². The van der Waals surface area contributed by atoms with Gasteiger partial charge in [-0.25, -0.2) is 9.35 Å². The highest BCUT2D eigenvalue weighted by Gasteiger charge is 2.23. The van der Waals surface area contributed by atoms with E-state index in [0.717, 1.165) is 0 Å². The molecule has 0 saturated heterocycles. The van der Waals surface area contributed by atoms with Crippen LogP contribution in [0.4, 0.5) is 0 Å². The minimum absolute atomic E-state index is 0.500. The summed E-state index contributed by atoms with van der Waals surface area (Å²) in [5.41, 5.74) is 0. The van der Waals surface area contributed by atoms with Gasteiger partial charge in [-0.05, 0) is 13.8 Å². The van der Waals surface area contributed by atoms with E-state index in [-0.39, 0.29) is 0 Å². The zero-order chi connectivity index (χ0) is 6.08. The van der Waals surface area contributed by atoms with Crippen molar-refractivity contribution in [3.05, 3.63) is 6.92 Å². The van der Waals surface area contributed by atoms with E-state index in [1.165, 1.54) is 0 Å². The summed E-state index contributed by atoms with van der Waals surface area (Å²) < 4.78 is 9.79. The molecule has 0 aromatic rings. The van der Waals surface area contributed by atoms with Gasteiger partial charge in [0, 0.05) is 0 Å². The van der Waals surface area contributed by atoms with Crippen LogP contribution in [0.5, 0.6) is 0 Å². The van der Waals surface area contributed by atoms with Gasteiger partial charge in [0.15, 0.2) is 4.75 Å². The standard InChI is InChI=1S/C4H10NOS/c1-4(2,3)7(5)6/h1,5H2,2-3H3/q+1/t7-/m0/s1. The van der Waals surface area contributed by atoms with Crippen molar-refractivity contribution in [2.75, 3.05) is 0 Å². The summed E-state index contributed by atoms with van der Waals surface area (Å²) in [7, 11) is -1.29. The Morgan fingerprint density at radius 2 is 1.86 bits per heavy atom. The molecule has 0 aliphatic carbocycles.